The van der Waals surface area contributed by atoms with Crippen LogP contribution in [0, 0.1) is 6.92 Å². The number of halogens is 1. The number of amides is 2. The average Bonchev–Trinajstić information content (AvgIpc) is 2.41. The van der Waals surface area contributed by atoms with Gasteiger partial charge in [-0.3, -0.25) is 9.59 Å². The number of nitrogens with one attached hydrogen (secondary N) is 1. The first kappa shape index (κ1) is 17.7. The van der Waals surface area contributed by atoms with Crippen molar-refractivity contribution in [1.82, 2.24) is 4.90 Å². The van der Waals surface area contributed by atoms with E-state index >= 15 is 0 Å². The van der Waals surface area contributed by atoms with Crippen molar-refractivity contribution in [3.8, 4) is 0 Å². The lowest BCUT2D eigenvalue weighted by Crippen LogP contribution is -2.35. The Hall–Kier alpha value is -1.36. The molecule has 0 aromatic heterocycles. The van der Waals surface area contributed by atoms with Gasteiger partial charge in [-0.1, -0.05) is 29.8 Å². The van der Waals surface area contributed by atoms with Crippen LogP contribution in [0.3, 0.4) is 0 Å². The lowest BCUT2D eigenvalue weighted by Gasteiger charge is -2.21. The predicted molar refractivity (Wildman–Crippen MR) is 89.3 cm³/mol. The van der Waals surface area contributed by atoms with Gasteiger partial charge in [-0.2, -0.15) is 0 Å². The maximum Gasteiger partial charge on any atom is 0.233 e. The quantitative estimate of drug-likeness (QED) is 0.758. The van der Waals surface area contributed by atoms with Gasteiger partial charge in [0, 0.05) is 23.2 Å². The maximum absolute atomic E-state index is 12.1. The molecule has 0 unspecified atom stereocenters. The van der Waals surface area contributed by atoms with Gasteiger partial charge in [0.25, 0.3) is 0 Å². The minimum absolute atomic E-state index is 0.102. The van der Waals surface area contributed by atoms with Crippen LogP contribution in [0.25, 0.3) is 0 Å². The molecule has 0 heterocycles. The fraction of sp³-hybridized carbons (Fsp3) is 0.500. The minimum Gasteiger partial charge on any atom is -0.342 e. The molecule has 0 atom stereocenters. The van der Waals surface area contributed by atoms with E-state index in [0.29, 0.717) is 13.1 Å². The minimum atomic E-state index is -0.261. The van der Waals surface area contributed by atoms with Gasteiger partial charge >= 0.3 is 0 Å². The summed E-state index contributed by atoms with van der Waals surface area (Å²) in [6.07, 6.45) is 1.70. The number of anilines is 1. The molecule has 21 heavy (non-hydrogen) atoms. The van der Waals surface area contributed by atoms with Crippen LogP contribution in [0.1, 0.15) is 38.7 Å². The average molecular weight is 355 g/mol. The molecule has 1 rings (SSSR count). The summed E-state index contributed by atoms with van der Waals surface area (Å²) in [5.41, 5.74) is 1.71. The molecule has 4 nitrogen and oxygen atoms in total. The number of hydrogen-bond donors (Lipinski definition) is 1. The highest BCUT2D eigenvalue weighted by Gasteiger charge is 2.16. The SMILES string of the molecule is CCCN(CCC)C(=O)CC(=O)Nc1ccc(Br)cc1C. The lowest BCUT2D eigenvalue weighted by molar-refractivity contribution is -0.134. The van der Waals surface area contributed by atoms with Crippen molar-refractivity contribution in [2.75, 3.05) is 18.4 Å². The third-order valence-corrected chi connectivity index (χ3v) is 3.61. The van der Waals surface area contributed by atoms with E-state index < -0.39 is 0 Å². The molecular formula is C16H23BrN2O2. The van der Waals surface area contributed by atoms with Gasteiger partial charge in [-0.05, 0) is 43.5 Å². The number of carbonyl (C=O) groups is 2. The van der Waals surface area contributed by atoms with Gasteiger partial charge in [0.05, 0.1) is 0 Å². The zero-order chi connectivity index (χ0) is 15.8. The van der Waals surface area contributed by atoms with Crippen molar-refractivity contribution in [3.05, 3.63) is 28.2 Å². The Bertz CT molecular complexity index is 497. The number of carbonyl (C=O) groups excluding carboxylic acids is 2. The highest BCUT2D eigenvalue weighted by Crippen LogP contribution is 2.20. The summed E-state index contributed by atoms with van der Waals surface area (Å²) in [6, 6.07) is 5.63. The van der Waals surface area contributed by atoms with Crippen LogP contribution in [0.15, 0.2) is 22.7 Å². The van der Waals surface area contributed by atoms with Gasteiger partial charge < -0.3 is 10.2 Å². The van der Waals surface area contributed by atoms with E-state index in [0.717, 1.165) is 28.6 Å². The fourth-order valence-corrected chi connectivity index (χ4v) is 2.59. The molecule has 1 N–H and O–H groups in total. The standard InChI is InChI=1S/C16H23BrN2O2/c1-4-8-19(9-5-2)16(21)11-15(20)18-14-7-6-13(17)10-12(14)3/h6-7,10H,4-5,8-9,11H2,1-3H3,(H,18,20). The van der Waals surface area contributed by atoms with Crippen molar-refractivity contribution < 1.29 is 9.59 Å². The Balaban J connectivity index is 2.61. The van der Waals surface area contributed by atoms with Crippen molar-refractivity contribution >= 4 is 33.4 Å². The van der Waals surface area contributed by atoms with Crippen LogP contribution in [0.5, 0.6) is 0 Å². The molecule has 5 heteroatoms. The summed E-state index contributed by atoms with van der Waals surface area (Å²) in [6.45, 7) is 7.39. The third kappa shape index (κ3) is 5.87. The molecule has 0 saturated heterocycles. The first-order chi connectivity index (χ1) is 9.97. The van der Waals surface area contributed by atoms with Crippen LogP contribution >= 0.6 is 15.9 Å². The molecule has 116 valence electrons. The van der Waals surface area contributed by atoms with E-state index in [9.17, 15) is 9.59 Å². The molecule has 1 aromatic carbocycles. The first-order valence-electron chi connectivity index (χ1n) is 7.31. The van der Waals surface area contributed by atoms with Crippen molar-refractivity contribution in [1.29, 1.82) is 0 Å². The number of benzene rings is 1. The zero-order valence-corrected chi connectivity index (χ0v) is 14.5. The lowest BCUT2D eigenvalue weighted by atomic mass is 10.2. The summed E-state index contributed by atoms with van der Waals surface area (Å²) in [5.74, 6) is -0.367. The topological polar surface area (TPSA) is 49.4 Å². The molecule has 0 fully saturated rings. The summed E-state index contributed by atoms with van der Waals surface area (Å²) >= 11 is 3.38. The van der Waals surface area contributed by atoms with E-state index in [1.54, 1.807) is 4.90 Å². The molecule has 0 aliphatic heterocycles. The van der Waals surface area contributed by atoms with Crippen LogP contribution in [0.2, 0.25) is 0 Å². The molecule has 2 amide bonds. The van der Waals surface area contributed by atoms with Gasteiger partial charge in [-0.15, -0.1) is 0 Å². The number of nitrogens with zero attached hydrogens (tertiary/aromatic N) is 1. The summed E-state index contributed by atoms with van der Waals surface area (Å²) in [5, 5.41) is 2.80. The molecule has 0 aliphatic carbocycles. The summed E-state index contributed by atoms with van der Waals surface area (Å²) in [7, 11) is 0. The summed E-state index contributed by atoms with van der Waals surface area (Å²) in [4.78, 5) is 25.9. The van der Waals surface area contributed by atoms with Crippen LogP contribution in [0.4, 0.5) is 5.69 Å². The van der Waals surface area contributed by atoms with Crippen LogP contribution in [-0.4, -0.2) is 29.8 Å². The van der Waals surface area contributed by atoms with E-state index in [-0.39, 0.29) is 18.2 Å². The second-order valence-electron chi connectivity index (χ2n) is 5.06. The highest BCUT2D eigenvalue weighted by molar-refractivity contribution is 9.10. The molecule has 0 radical (unpaired) electrons. The van der Waals surface area contributed by atoms with Crippen LogP contribution < -0.4 is 5.32 Å². The molecule has 0 saturated carbocycles. The molecule has 1 aromatic rings. The number of aryl methyl sites for hydroxylation is 1. The second kappa shape index (κ2) is 8.82. The van der Waals surface area contributed by atoms with Crippen LogP contribution in [-0.2, 0) is 9.59 Å². The summed E-state index contributed by atoms with van der Waals surface area (Å²) < 4.78 is 0.964. The number of rotatable bonds is 7. The Morgan fingerprint density at radius 2 is 1.81 bits per heavy atom. The zero-order valence-electron chi connectivity index (χ0n) is 12.9. The van der Waals surface area contributed by atoms with Gasteiger partial charge in [0.1, 0.15) is 6.42 Å². The third-order valence-electron chi connectivity index (χ3n) is 3.11. The van der Waals surface area contributed by atoms with Gasteiger partial charge in [0.2, 0.25) is 11.8 Å². The van der Waals surface area contributed by atoms with Gasteiger partial charge in [-0.25, -0.2) is 0 Å². The Morgan fingerprint density at radius 1 is 1.19 bits per heavy atom. The normalized spacial score (nSPS) is 10.3. The Kier molecular flexibility index (Phi) is 7.43. The molecular weight excluding hydrogens is 332 g/mol. The second-order valence-corrected chi connectivity index (χ2v) is 5.98. The van der Waals surface area contributed by atoms with Crippen molar-refractivity contribution in [3.63, 3.8) is 0 Å². The van der Waals surface area contributed by atoms with E-state index in [4.69, 9.17) is 0 Å². The molecule has 0 bridgehead atoms. The van der Waals surface area contributed by atoms with E-state index in [1.807, 2.05) is 39.0 Å². The smallest absolute Gasteiger partial charge is 0.233 e. The van der Waals surface area contributed by atoms with Gasteiger partial charge in [0.15, 0.2) is 0 Å². The fourth-order valence-electron chi connectivity index (χ4n) is 2.11. The first-order valence-corrected chi connectivity index (χ1v) is 8.11. The Morgan fingerprint density at radius 3 is 2.33 bits per heavy atom. The van der Waals surface area contributed by atoms with Crippen molar-refractivity contribution in [2.24, 2.45) is 0 Å². The molecule has 0 spiro atoms. The largest absolute Gasteiger partial charge is 0.342 e. The monoisotopic (exact) mass is 354 g/mol. The van der Waals surface area contributed by atoms with E-state index in [1.165, 1.54) is 0 Å². The Labute approximate surface area is 135 Å². The maximum atomic E-state index is 12.1. The number of hydrogen-bond acceptors (Lipinski definition) is 2. The van der Waals surface area contributed by atoms with Crippen molar-refractivity contribution in [2.45, 2.75) is 40.0 Å². The predicted octanol–water partition coefficient (Wildman–Crippen LogP) is 3.73. The van der Waals surface area contributed by atoms with E-state index in [2.05, 4.69) is 21.2 Å². The molecule has 0 aliphatic rings. The highest BCUT2D eigenvalue weighted by atomic mass is 79.9.